The van der Waals surface area contributed by atoms with Crippen molar-refractivity contribution in [3.63, 3.8) is 0 Å². The molecule has 0 amide bonds. The maximum absolute atomic E-state index is 8.64. The van der Waals surface area contributed by atoms with Crippen molar-refractivity contribution in [1.82, 2.24) is 0 Å². The molecule has 3 nitrogen and oxygen atoms in total. The van der Waals surface area contributed by atoms with Crippen molar-refractivity contribution in [2.24, 2.45) is 0 Å². The summed E-state index contributed by atoms with van der Waals surface area (Å²) in [5.74, 6) is 0. The molecule has 0 aromatic rings. The Labute approximate surface area is 71.3 Å². The molecule has 25 valence electrons. The molecule has 0 unspecified atom stereocenters. The first kappa shape index (κ1) is 9.97. The summed E-state index contributed by atoms with van der Waals surface area (Å²) in [5, 5.41) is 0. The van der Waals surface area contributed by atoms with Crippen molar-refractivity contribution in [3.05, 3.63) is 0 Å². The normalized spacial score (nSPS) is 3.00. The summed E-state index contributed by atoms with van der Waals surface area (Å²) < 4.78 is 25.9. The van der Waals surface area contributed by atoms with Gasteiger partial charge in [-0.15, -0.1) is 0 Å². The van der Waals surface area contributed by atoms with Crippen LogP contribution in [-0.2, 0) is 5.09 Å². The average Bonchev–Trinajstić information content (AvgIpc) is 0.811. The number of hydrogen-bond acceptors (Lipinski definition) is 3. The van der Waals surface area contributed by atoms with Gasteiger partial charge in [-0.1, -0.05) is 0 Å². The van der Waals surface area contributed by atoms with Crippen LogP contribution in [-0.4, -0.2) is 37.7 Å². The zero-order valence-corrected chi connectivity index (χ0v) is 5.43. The van der Waals surface area contributed by atoms with E-state index in [4.69, 9.17) is 5.09 Å². The molecule has 5 heavy (non-hydrogen) atoms. The van der Waals surface area contributed by atoms with Gasteiger partial charge in [-0.25, -0.2) is 0 Å². The third-order valence-corrected chi connectivity index (χ3v) is 0. The van der Waals surface area contributed by atoms with E-state index in [9.17, 15) is 0 Å². The minimum atomic E-state index is -4.47. The van der Waals surface area contributed by atoms with E-state index in [1.165, 1.54) is 0 Å². The maximum atomic E-state index is 8.64. The van der Waals surface area contributed by atoms with Crippen molar-refractivity contribution in [1.29, 1.82) is 0 Å². The first-order valence-corrected chi connectivity index (χ1v) is 5.15. The number of rotatable bonds is 0. The standard InChI is InChI=1S/Ca.La.3O.2H. The van der Waals surface area contributed by atoms with Gasteiger partial charge in [0.15, 0.2) is 0 Å². The second-order valence-corrected chi connectivity index (χ2v) is 2.10. The fraction of sp³-hybridized carbons (Fsp3) is 0. The molecule has 0 aliphatic rings. The average molecular weight is 229 g/mol. The van der Waals surface area contributed by atoms with E-state index in [1.54, 1.807) is 0 Å². The SMILES string of the molecule is [CaH2].[O]=[La](=[O])=[O]. The van der Waals surface area contributed by atoms with Crippen LogP contribution in [0.2, 0.25) is 0 Å². The zero-order valence-electron chi connectivity index (χ0n) is 1.80. The molecule has 0 spiro atoms. The molecule has 0 saturated heterocycles. The van der Waals surface area contributed by atoms with Gasteiger partial charge in [-0.3, -0.25) is 0 Å². The predicted molar refractivity (Wildman–Crippen MR) is 10.6 cm³/mol. The van der Waals surface area contributed by atoms with Gasteiger partial charge in [-0.05, 0) is 0 Å². The van der Waals surface area contributed by atoms with Gasteiger partial charge in [0.2, 0.25) is 0 Å². The third-order valence-electron chi connectivity index (χ3n) is 0. The van der Waals surface area contributed by atoms with Gasteiger partial charge in [0.25, 0.3) is 0 Å². The van der Waals surface area contributed by atoms with Crippen LogP contribution in [0.15, 0.2) is 0 Å². The van der Waals surface area contributed by atoms with Crippen LogP contribution < -0.4 is 0 Å². The monoisotopic (exact) mass is 229 g/mol. The van der Waals surface area contributed by atoms with E-state index < -0.39 is 30.2 Å². The molecule has 0 N–H and O–H groups in total. The van der Waals surface area contributed by atoms with Crippen LogP contribution in [0.1, 0.15) is 0 Å². The van der Waals surface area contributed by atoms with Crippen LogP contribution in [0, 0.1) is 30.2 Å². The second-order valence-electron chi connectivity index (χ2n) is 0.289. The minimum absolute atomic E-state index is 0. The topological polar surface area (TPSA) is 51.2 Å². The van der Waals surface area contributed by atoms with Gasteiger partial charge < -0.3 is 0 Å². The van der Waals surface area contributed by atoms with Crippen LogP contribution in [0.5, 0.6) is 0 Å². The molecule has 0 heterocycles. The van der Waals surface area contributed by atoms with E-state index in [0.717, 1.165) is 0 Å². The summed E-state index contributed by atoms with van der Waals surface area (Å²) in [5.41, 5.74) is 0. The third kappa shape index (κ3) is 25.3. The molecule has 0 saturated carbocycles. The molecule has 0 fully saturated rings. The molecule has 0 aromatic carbocycles. The van der Waals surface area contributed by atoms with E-state index in [-0.39, 0.29) is 37.7 Å². The molecule has 0 aliphatic carbocycles. The Balaban J connectivity index is 0. The fourth-order valence-corrected chi connectivity index (χ4v) is 0. The Bertz CT molecular complexity index is 76.3. The van der Waals surface area contributed by atoms with Crippen molar-refractivity contribution in [2.75, 3.05) is 0 Å². The van der Waals surface area contributed by atoms with Gasteiger partial charge in [0.05, 0.1) is 0 Å². The predicted octanol–water partition coefficient (Wildman–Crippen LogP) is -1.27. The second kappa shape index (κ2) is 5.85. The molecule has 0 bridgehead atoms. The van der Waals surface area contributed by atoms with Crippen molar-refractivity contribution >= 4 is 37.7 Å². The molecule has 0 aromatic heterocycles. The van der Waals surface area contributed by atoms with Crippen LogP contribution >= 0.6 is 0 Å². The first-order chi connectivity index (χ1) is 1.73. The number of hydrogen-bond donors (Lipinski definition) is 0. The van der Waals surface area contributed by atoms with E-state index in [0.29, 0.717) is 0 Å². The quantitative estimate of drug-likeness (QED) is 0.486. The van der Waals surface area contributed by atoms with Gasteiger partial charge in [0, 0.05) is 0 Å². The molecular weight excluding hydrogens is 227 g/mol. The van der Waals surface area contributed by atoms with E-state index >= 15 is 0 Å². The summed E-state index contributed by atoms with van der Waals surface area (Å²) in [4.78, 5) is 0. The molecule has 0 radical (unpaired) electrons. The Morgan fingerprint density at radius 3 is 1.00 bits per heavy atom. The summed E-state index contributed by atoms with van der Waals surface area (Å²) in [7, 11) is 0. The molecule has 0 atom stereocenters. The summed E-state index contributed by atoms with van der Waals surface area (Å²) >= 11 is -4.47. The molecule has 0 rings (SSSR count). The van der Waals surface area contributed by atoms with E-state index in [2.05, 4.69) is 0 Å². The van der Waals surface area contributed by atoms with Gasteiger partial charge in [0.1, 0.15) is 0 Å². The van der Waals surface area contributed by atoms with E-state index in [1.807, 2.05) is 0 Å². The van der Waals surface area contributed by atoms with Crippen molar-refractivity contribution < 1.29 is 35.3 Å². The van der Waals surface area contributed by atoms with Crippen molar-refractivity contribution in [3.8, 4) is 0 Å². The summed E-state index contributed by atoms with van der Waals surface area (Å²) in [6, 6.07) is 0. The Morgan fingerprint density at radius 2 is 1.00 bits per heavy atom. The van der Waals surface area contributed by atoms with Gasteiger partial charge in [-0.2, -0.15) is 0 Å². The summed E-state index contributed by atoms with van der Waals surface area (Å²) in [6.45, 7) is 0. The fourth-order valence-electron chi connectivity index (χ4n) is 0. The Kier molecular flexibility index (Phi) is 11.7. The van der Waals surface area contributed by atoms with Crippen LogP contribution in [0.3, 0.4) is 0 Å². The molecule has 0 aliphatic heterocycles. The zero-order chi connectivity index (χ0) is 3.58. The summed E-state index contributed by atoms with van der Waals surface area (Å²) in [6.07, 6.45) is 0. The van der Waals surface area contributed by atoms with Crippen LogP contribution in [0.4, 0.5) is 0 Å². The first-order valence-electron chi connectivity index (χ1n) is 0.707. The molecular formula is H2CaLaO3. The Hall–Kier alpha value is 1.85. The van der Waals surface area contributed by atoms with Crippen LogP contribution in [0.25, 0.3) is 0 Å². The van der Waals surface area contributed by atoms with Gasteiger partial charge >= 0.3 is 73.1 Å². The molecule has 5 heteroatoms. The van der Waals surface area contributed by atoms with Crippen molar-refractivity contribution in [2.45, 2.75) is 0 Å². The Morgan fingerprint density at radius 1 is 1.00 bits per heavy atom.